The molecule has 34 heteroatoms. The molecule has 2 aromatic rings. The number of imide groups is 2. The number of amides is 14. The highest BCUT2D eigenvalue weighted by atomic mass is 32.2. The number of thioether (sulfide) groups is 1. The number of Topliss-reactive ketones (excluding diaryl/α,β-unsaturated/α-hetero) is 1. The summed E-state index contributed by atoms with van der Waals surface area (Å²) < 4.78 is 23.2. The Morgan fingerprint density at radius 1 is 0.735 bits per heavy atom. The third-order valence-corrected chi connectivity index (χ3v) is 22.9. The highest BCUT2D eigenvalue weighted by Gasteiger charge is 2.50. The average molecular weight is 1600 g/mol. The number of hydrogen-bond donors (Lipinski definition) is 8. The van der Waals surface area contributed by atoms with E-state index in [0.717, 1.165) is 0 Å². The Balaban J connectivity index is 1.05. The summed E-state index contributed by atoms with van der Waals surface area (Å²) in [6, 6.07) is 6.07. The normalized spacial score (nSPS) is 19.0. The van der Waals surface area contributed by atoms with Gasteiger partial charge >= 0.3 is 18.1 Å². The van der Waals surface area contributed by atoms with Crippen LogP contribution in [0.25, 0.3) is 0 Å². The smallest absolute Gasteiger partial charge is 0.407 e. The van der Waals surface area contributed by atoms with E-state index >= 15 is 4.79 Å². The van der Waals surface area contributed by atoms with Crippen LogP contribution in [-0.2, 0) is 83.2 Å². The largest absolute Gasteiger partial charge is 0.497 e. The number of carbonyl (C=O) groups excluding carboxylic acids is 15. The monoisotopic (exact) mass is 1600 g/mol. The second kappa shape index (κ2) is 43.8. The second-order valence-electron chi connectivity index (χ2n) is 31.2. The Labute approximate surface area is 666 Å². The number of nitrogens with one attached hydrogen (secondary N) is 7. The van der Waals surface area contributed by atoms with Crippen molar-refractivity contribution in [2.24, 2.45) is 40.7 Å². The Hall–Kier alpha value is -9.28. The van der Waals surface area contributed by atoms with Crippen LogP contribution in [0.3, 0.4) is 0 Å². The summed E-state index contributed by atoms with van der Waals surface area (Å²) in [6.45, 7) is 16.1. The van der Waals surface area contributed by atoms with Crippen molar-refractivity contribution in [3.63, 3.8) is 0 Å². The zero-order valence-corrected chi connectivity index (χ0v) is 68.8. The first kappa shape index (κ1) is 92.6. The maximum atomic E-state index is 15.1. The first-order valence-corrected chi connectivity index (χ1v) is 40.0. The highest BCUT2D eigenvalue weighted by molar-refractivity contribution is 8.00. The van der Waals surface area contributed by atoms with Gasteiger partial charge in [0.05, 0.1) is 74.0 Å². The van der Waals surface area contributed by atoms with E-state index in [1.54, 1.807) is 95.3 Å². The van der Waals surface area contributed by atoms with Gasteiger partial charge in [0, 0.05) is 83.6 Å². The van der Waals surface area contributed by atoms with E-state index in [2.05, 4.69) is 37.2 Å². The van der Waals surface area contributed by atoms with Crippen molar-refractivity contribution in [3.8, 4) is 5.75 Å². The lowest BCUT2D eigenvalue weighted by Gasteiger charge is -2.41. The number of ketones is 1. The number of benzene rings is 2. The molecule has 0 bridgehead atoms. The number of unbranched alkanes of at least 4 members (excludes halogenated alkanes) is 2. The molecule has 1 saturated carbocycles. The minimum absolute atomic E-state index is 0.000349. The summed E-state index contributed by atoms with van der Waals surface area (Å²) in [5.74, 6) is -7.39. The lowest BCUT2D eigenvalue weighted by molar-refractivity contribution is -0.198. The third-order valence-electron chi connectivity index (χ3n) is 21.3. The van der Waals surface area contributed by atoms with Gasteiger partial charge in [-0.3, -0.25) is 67.3 Å². The van der Waals surface area contributed by atoms with E-state index in [-0.39, 0.29) is 138 Å². The zero-order chi connectivity index (χ0) is 83.7. The van der Waals surface area contributed by atoms with Crippen LogP contribution in [0.5, 0.6) is 5.75 Å². The number of urea groups is 1. The average Bonchev–Trinajstić information content (AvgIpc) is 1.65. The van der Waals surface area contributed by atoms with Crippen molar-refractivity contribution >= 4 is 106 Å². The van der Waals surface area contributed by atoms with Gasteiger partial charge < -0.3 is 76.5 Å². The van der Waals surface area contributed by atoms with Crippen LogP contribution in [0.2, 0.25) is 0 Å². The molecule has 3 unspecified atom stereocenters. The molecule has 0 radical (unpaired) electrons. The molecule has 4 fully saturated rings. The van der Waals surface area contributed by atoms with E-state index in [9.17, 15) is 67.1 Å². The summed E-state index contributed by atoms with van der Waals surface area (Å²) in [4.78, 5) is 212. The van der Waals surface area contributed by atoms with Gasteiger partial charge in [0.15, 0.2) is 5.78 Å². The first-order chi connectivity index (χ1) is 53.5. The van der Waals surface area contributed by atoms with E-state index in [0.29, 0.717) is 71.9 Å². The van der Waals surface area contributed by atoms with Crippen molar-refractivity contribution in [2.45, 2.75) is 225 Å². The quantitative estimate of drug-likeness (QED) is 0.0252. The number of likely N-dealkylation sites (N-methyl/N-ethyl adjacent to an activating group) is 2. The number of hydroxylamine groups is 2. The number of rotatable bonds is 46. The maximum absolute atomic E-state index is 15.1. The zero-order valence-electron chi connectivity index (χ0n) is 68.0. The number of nitrogens with zero attached hydrogens (tertiary/aromatic N) is 5. The van der Waals surface area contributed by atoms with Crippen molar-refractivity contribution in [3.05, 3.63) is 59.7 Å². The van der Waals surface area contributed by atoms with Gasteiger partial charge in [-0.05, 0) is 118 Å². The Morgan fingerprint density at radius 3 is 2.00 bits per heavy atom. The second-order valence-corrected chi connectivity index (χ2v) is 32.4. The molecule has 3 saturated heterocycles. The number of hydrogen-bond acceptors (Lipinski definition) is 22. The third kappa shape index (κ3) is 26.9. The molecule has 0 spiro atoms. The topological polar surface area (TPSA) is 429 Å². The molecule has 14 amide bonds. The fourth-order valence-electron chi connectivity index (χ4n) is 14.5. The van der Waals surface area contributed by atoms with Gasteiger partial charge in [-0.2, -0.15) is 0 Å². The fourth-order valence-corrected chi connectivity index (χ4v) is 16.0. The SMILES string of the molecule is CC[C@H](C)C([C@@H](CC(=O)N1C[C@@H](NC(=O)OCc2ccc(NC(=O)C(CCCNC(N)=O)NC(=O)[C@@H](NC(=O)CCCCCN3C(=O)CC(SCC4(CC(=O)ON5C(=O)CCC5=O)CC4)C3=O)C(C)C)cc2)C[C@H]1[C@H](OC)[C@@H](C)C(=O)NCC(=O)c1cccc(OC)c1)OC)N(C)C(=O)[C@@H](NC(=O)[C@H](C(C)C)N(C)C)C(C)C. The molecule has 12 atom stereocenters. The van der Waals surface area contributed by atoms with E-state index in [1.807, 2.05) is 46.4 Å². The van der Waals surface area contributed by atoms with E-state index < -0.39 is 136 Å². The minimum atomic E-state index is -1.17. The van der Waals surface area contributed by atoms with Gasteiger partial charge in [-0.25, -0.2) is 14.4 Å². The number of likely N-dealkylation sites (tertiary alicyclic amines) is 2. The molecule has 113 heavy (non-hydrogen) atoms. The minimum Gasteiger partial charge on any atom is -0.497 e. The number of anilines is 1. The molecule has 3 aliphatic heterocycles. The van der Waals surface area contributed by atoms with Crippen LogP contribution >= 0.6 is 11.8 Å². The molecule has 2 aromatic carbocycles. The highest BCUT2D eigenvalue weighted by Crippen LogP contribution is 2.52. The molecule has 6 rings (SSSR count). The molecule has 626 valence electrons. The van der Waals surface area contributed by atoms with Crippen LogP contribution in [0, 0.1) is 35.0 Å². The van der Waals surface area contributed by atoms with Gasteiger partial charge in [0.1, 0.15) is 30.5 Å². The van der Waals surface area contributed by atoms with E-state index in [1.165, 1.54) is 42.9 Å². The Kier molecular flexibility index (Phi) is 35.9. The number of nitrogens with two attached hydrogens (primary N) is 1. The lowest BCUT2D eigenvalue weighted by atomic mass is 9.89. The number of alkyl carbamates (subject to hydrolysis) is 1. The van der Waals surface area contributed by atoms with Crippen LogP contribution in [0.15, 0.2) is 48.5 Å². The summed E-state index contributed by atoms with van der Waals surface area (Å²) in [7, 11) is 9.57. The van der Waals surface area contributed by atoms with Crippen molar-refractivity contribution in [1.29, 1.82) is 0 Å². The predicted octanol–water partition coefficient (Wildman–Crippen LogP) is 4.76. The molecular weight excluding hydrogens is 1480 g/mol. The van der Waals surface area contributed by atoms with E-state index in [4.69, 9.17) is 29.5 Å². The first-order valence-electron chi connectivity index (χ1n) is 39.0. The molecular formula is C79H119N13O20S. The Bertz CT molecular complexity index is 3660. The summed E-state index contributed by atoms with van der Waals surface area (Å²) in [5.41, 5.74) is 5.95. The van der Waals surface area contributed by atoms with Crippen molar-refractivity contribution < 1.29 is 95.7 Å². The van der Waals surface area contributed by atoms with Crippen LogP contribution in [-0.4, -0.2) is 248 Å². The van der Waals surface area contributed by atoms with Gasteiger partial charge in [0.2, 0.25) is 53.2 Å². The summed E-state index contributed by atoms with van der Waals surface area (Å²) >= 11 is 1.30. The molecule has 3 heterocycles. The van der Waals surface area contributed by atoms with Crippen molar-refractivity contribution in [2.75, 3.05) is 79.7 Å². The number of carbonyl (C=O) groups is 15. The van der Waals surface area contributed by atoms with Crippen LogP contribution < -0.4 is 47.7 Å². The number of methoxy groups -OCH3 is 3. The number of primary amides is 1. The van der Waals surface area contributed by atoms with Crippen molar-refractivity contribution in [1.82, 2.24) is 56.6 Å². The summed E-state index contributed by atoms with van der Waals surface area (Å²) in [5, 5.41) is 19.3. The fraction of sp³-hybridized carbons (Fsp3) is 0.658. The lowest BCUT2D eigenvalue weighted by Crippen LogP contribution is -2.59. The van der Waals surface area contributed by atoms with Gasteiger partial charge in [-0.15, -0.1) is 16.8 Å². The molecule has 1 aliphatic carbocycles. The molecule has 9 N–H and O–H groups in total. The standard InChI is InChI=1S/C79H119N13O20S/c1-16-48(8)69(89(12)76(105)67(46(4)5)87-74(103)68(47(6)7)88(10)11)58(109-14)38-63(97)91-42-53(37-56(91)70(110-15)49(9)71(100)82-41-57(93)51-22-20-23-54(36-51)108-13)84-78(107)111-43-50-26-28-52(29-27-50)83-72(101)55(24-21-34-81-77(80)106)85-73(102)66(45(2)3)86-60(94)25-18-17-19-35-90-64(98)39-59(75(90)104)113-44-79(32-33-79)40-65(99)112-92-61(95)30-31-62(92)96/h20,22-23,26-29,36,45-49,53,55-56,58-59,66-70H,16-19,21,24-25,30-35,37-44H2,1-15H3,(H,82,100)(H,83,101)(H,84,107)(H,85,102)(H,86,94)(H,87,103)(H3,80,81,106)/t48-,49+,53-,55?,56-,58+,59?,66-,67-,68-,69?,70+/m0/s1. The Morgan fingerprint density at radius 2 is 1.41 bits per heavy atom. The molecule has 4 aliphatic rings. The molecule has 0 aromatic heterocycles. The van der Waals surface area contributed by atoms with Gasteiger partial charge in [-0.1, -0.05) is 99.4 Å². The summed E-state index contributed by atoms with van der Waals surface area (Å²) in [6.07, 6.45) is 0.491. The maximum Gasteiger partial charge on any atom is 0.407 e. The predicted molar refractivity (Wildman–Crippen MR) is 418 cm³/mol. The van der Waals surface area contributed by atoms with Crippen LogP contribution in [0.1, 0.15) is 175 Å². The van der Waals surface area contributed by atoms with Gasteiger partial charge in [0.25, 0.3) is 11.8 Å². The number of ether oxygens (including phenoxy) is 4. The molecule has 33 nitrogen and oxygen atoms in total. The van der Waals surface area contributed by atoms with Crippen LogP contribution in [0.4, 0.5) is 15.3 Å².